The van der Waals surface area contributed by atoms with E-state index in [0.717, 1.165) is 72.9 Å². The van der Waals surface area contributed by atoms with Crippen LogP contribution in [0.25, 0.3) is 22.2 Å². The third kappa shape index (κ3) is 4.97. The summed E-state index contributed by atoms with van der Waals surface area (Å²) in [5.74, 6) is 0.396. The minimum absolute atomic E-state index is 0.0420. The molecule has 4 heterocycles. The molecule has 0 radical (unpaired) electrons. The first-order chi connectivity index (χ1) is 19.4. The Balaban J connectivity index is 1.42. The molecular formula is C30H34FN5O4. The summed E-state index contributed by atoms with van der Waals surface area (Å²) in [6.07, 6.45) is 3.95. The maximum atomic E-state index is 14.8. The number of aromatic nitrogens is 3. The average Bonchev–Trinajstić information content (AvgIpc) is 3.56. The number of halogens is 1. The summed E-state index contributed by atoms with van der Waals surface area (Å²) in [6, 6.07) is 10.5. The van der Waals surface area contributed by atoms with E-state index in [9.17, 15) is 9.18 Å². The maximum absolute atomic E-state index is 14.8. The number of benzene rings is 2. The monoisotopic (exact) mass is 547 g/mol. The third-order valence-corrected chi connectivity index (χ3v) is 8.04. The molecule has 2 atom stereocenters. The van der Waals surface area contributed by atoms with Gasteiger partial charge in [0.15, 0.2) is 17.1 Å². The minimum atomic E-state index is -0.500. The molecule has 2 aromatic carbocycles. The second-order valence-corrected chi connectivity index (χ2v) is 10.6. The van der Waals surface area contributed by atoms with Crippen LogP contribution in [0.1, 0.15) is 43.7 Å². The lowest BCUT2D eigenvalue weighted by Gasteiger charge is -2.37. The molecule has 210 valence electrons. The first kappa shape index (κ1) is 26.5. The highest BCUT2D eigenvalue weighted by molar-refractivity contribution is 5.95. The van der Waals surface area contributed by atoms with Crippen molar-refractivity contribution in [2.24, 2.45) is 0 Å². The molecule has 10 heteroatoms. The summed E-state index contributed by atoms with van der Waals surface area (Å²) in [4.78, 5) is 22.6. The highest BCUT2D eigenvalue weighted by Gasteiger charge is 2.35. The first-order valence-electron chi connectivity index (χ1n) is 13.8. The second-order valence-electron chi connectivity index (χ2n) is 10.6. The number of imidazole rings is 1. The summed E-state index contributed by atoms with van der Waals surface area (Å²) < 4.78 is 33.0. The molecule has 4 aromatic rings. The van der Waals surface area contributed by atoms with Crippen LogP contribution < -0.4 is 9.64 Å². The van der Waals surface area contributed by atoms with Crippen molar-refractivity contribution in [3.63, 3.8) is 0 Å². The Kier molecular flexibility index (Phi) is 7.29. The van der Waals surface area contributed by atoms with Gasteiger partial charge in [0, 0.05) is 61.0 Å². The smallest absolute Gasteiger partial charge is 0.227 e. The number of fused-ring (bicyclic) bond motifs is 1. The quantitative estimate of drug-likeness (QED) is 0.317. The van der Waals surface area contributed by atoms with Crippen molar-refractivity contribution in [1.82, 2.24) is 19.6 Å². The number of ether oxygens (including phenoxy) is 2. The standard InChI is InChI=1S/C30H34FN5O4/c1-19(34-11-13-39-14-12-34)17-35-18-25(21-7-9-27-23(15-21)20(2)33-40-27)32-30(35)26-5-4-6-29(37)36(26)22-8-10-28(38-3)24(31)16-22/h7-10,15-16,18-19,26H,4-6,11-14,17H2,1-3H3/t19-,26-/m0/s1. The zero-order valence-corrected chi connectivity index (χ0v) is 23.1. The fourth-order valence-corrected chi connectivity index (χ4v) is 5.86. The van der Waals surface area contributed by atoms with Crippen molar-refractivity contribution in [3.8, 4) is 17.0 Å². The van der Waals surface area contributed by atoms with E-state index < -0.39 is 5.82 Å². The Morgan fingerprint density at radius 3 is 2.77 bits per heavy atom. The Hall–Kier alpha value is -3.76. The zero-order valence-electron chi connectivity index (χ0n) is 23.1. The van der Waals surface area contributed by atoms with Gasteiger partial charge in [-0.15, -0.1) is 0 Å². The van der Waals surface area contributed by atoms with Crippen LogP contribution in [-0.2, 0) is 16.1 Å². The molecule has 2 saturated heterocycles. The Morgan fingerprint density at radius 2 is 2.00 bits per heavy atom. The van der Waals surface area contributed by atoms with Crippen molar-refractivity contribution >= 4 is 22.6 Å². The molecule has 0 saturated carbocycles. The average molecular weight is 548 g/mol. The van der Waals surface area contributed by atoms with E-state index in [1.807, 2.05) is 25.1 Å². The van der Waals surface area contributed by atoms with Crippen LogP contribution in [0.5, 0.6) is 5.75 Å². The highest BCUT2D eigenvalue weighted by atomic mass is 19.1. The highest BCUT2D eigenvalue weighted by Crippen LogP contribution is 2.38. The number of nitrogens with zero attached hydrogens (tertiary/aromatic N) is 5. The van der Waals surface area contributed by atoms with Crippen LogP contribution in [0, 0.1) is 12.7 Å². The van der Waals surface area contributed by atoms with Gasteiger partial charge < -0.3 is 23.5 Å². The molecule has 2 fully saturated rings. The molecule has 0 bridgehead atoms. The number of carbonyl (C=O) groups excluding carboxylic acids is 1. The third-order valence-electron chi connectivity index (χ3n) is 8.04. The molecule has 1 amide bonds. The molecule has 0 spiro atoms. The number of hydrogen-bond acceptors (Lipinski definition) is 7. The van der Waals surface area contributed by atoms with Gasteiger partial charge in [-0.3, -0.25) is 9.69 Å². The van der Waals surface area contributed by atoms with Crippen molar-refractivity contribution in [2.45, 2.75) is 51.7 Å². The first-order valence-corrected chi connectivity index (χ1v) is 13.8. The van der Waals surface area contributed by atoms with Crippen molar-refractivity contribution < 1.29 is 23.2 Å². The fourth-order valence-electron chi connectivity index (χ4n) is 5.86. The van der Waals surface area contributed by atoms with E-state index in [1.54, 1.807) is 17.0 Å². The molecule has 2 aliphatic heterocycles. The molecular weight excluding hydrogens is 513 g/mol. The largest absolute Gasteiger partial charge is 0.494 e. The minimum Gasteiger partial charge on any atom is -0.494 e. The van der Waals surface area contributed by atoms with Gasteiger partial charge in [0.2, 0.25) is 5.91 Å². The number of piperidine rings is 1. The second kappa shape index (κ2) is 11.0. The number of amides is 1. The summed E-state index contributed by atoms with van der Waals surface area (Å²) in [7, 11) is 1.43. The summed E-state index contributed by atoms with van der Waals surface area (Å²) in [6.45, 7) is 8.03. The van der Waals surface area contributed by atoms with E-state index in [1.165, 1.54) is 13.2 Å². The number of methoxy groups -OCH3 is 1. The number of hydrogen-bond donors (Lipinski definition) is 0. The molecule has 9 nitrogen and oxygen atoms in total. The molecule has 0 N–H and O–H groups in total. The zero-order chi connectivity index (χ0) is 27.8. The predicted molar refractivity (Wildman–Crippen MR) is 149 cm³/mol. The van der Waals surface area contributed by atoms with Gasteiger partial charge in [-0.05, 0) is 57.0 Å². The Morgan fingerprint density at radius 1 is 1.18 bits per heavy atom. The van der Waals surface area contributed by atoms with Crippen molar-refractivity contribution in [3.05, 3.63) is 59.9 Å². The van der Waals surface area contributed by atoms with Crippen LogP contribution in [-0.4, -0.2) is 65.0 Å². The Labute approximate surface area is 232 Å². The van der Waals surface area contributed by atoms with E-state index in [4.69, 9.17) is 19.0 Å². The summed E-state index contributed by atoms with van der Waals surface area (Å²) >= 11 is 0. The SMILES string of the molecule is COc1ccc(N2C(=O)CCC[C@H]2c2nc(-c3ccc4onc(C)c4c3)cn2C[C@H](C)N2CCOCC2)cc1F. The number of morpholine rings is 1. The van der Waals surface area contributed by atoms with Crippen LogP contribution >= 0.6 is 0 Å². The lowest BCUT2D eigenvalue weighted by atomic mass is 9.99. The number of rotatable bonds is 7. The molecule has 6 rings (SSSR count). The van der Waals surface area contributed by atoms with Gasteiger partial charge in [-0.2, -0.15) is 0 Å². The number of carbonyl (C=O) groups is 1. The van der Waals surface area contributed by atoms with Gasteiger partial charge >= 0.3 is 0 Å². The van der Waals surface area contributed by atoms with E-state index in [0.29, 0.717) is 18.7 Å². The maximum Gasteiger partial charge on any atom is 0.227 e. The molecule has 40 heavy (non-hydrogen) atoms. The fraction of sp³-hybridized carbons (Fsp3) is 0.433. The normalized spacial score (nSPS) is 19.4. The van der Waals surface area contributed by atoms with E-state index in [2.05, 4.69) is 27.7 Å². The lowest BCUT2D eigenvalue weighted by Crippen LogP contribution is -2.44. The van der Waals surface area contributed by atoms with Crippen molar-refractivity contribution in [1.29, 1.82) is 0 Å². The van der Waals surface area contributed by atoms with Crippen LogP contribution in [0.2, 0.25) is 0 Å². The molecule has 0 unspecified atom stereocenters. The van der Waals surface area contributed by atoms with E-state index in [-0.39, 0.29) is 23.7 Å². The van der Waals surface area contributed by atoms with Gasteiger partial charge in [0.05, 0.1) is 37.8 Å². The number of anilines is 1. The molecule has 2 aromatic heterocycles. The number of aryl methyl sites for hydroxylation is 1. The predicted octanol–water partition coefficient (Wildman–Crippen LogP) is 5.13. The Bertz CT molecular complexity index is 1530. The van der Waals surface area contributed by atoms with E-state index >= 15 is 0 Å². The van der Waals surface area contributed by atoms with Crippen LogP contribution in [0.4, 0.5) is 10.1 Å². The lowest BCUT2D eigenvalue weighted by molar-refractivity contribution is -0.120. The van der Waals surface area contributed by atoms with Crippen molar-refractivity contribution in [2.75, 3.05) is 38.3 Å². The van der Waals surface area contributed by atoms with Gasteiger partial charge in [0.1, 0.15) is 5.82 Å². The topological polar surface area (TPSA) is 85.9 Å². The van der Waals surface area contributed by atoms with Gasteiger partial charge in [-0.1, -0.05) is 5.16 Å². The summed E-state index contributed by atoms with van der Waals surface area (Å²) in [5, 5.41) is 5.03. The summed E-state index contributed by atoms with van der Waals surface area (Å²) in [5.41, 5.74) is 3.81. The molecule has 2 aliphatic rings. The van der Waals surface area contributed by atoms with Crippen LogP contribution in [0.3, 0.4) is 0 Å². The van der Waals surface area contributed by atoms with Crippen LogP contribution in [0.15, 0.2) is 47.1 Å². The van der Waals surface area contributed by atoms with Gasteiger partial charge in [0.25, 0.3) is 0 Å². The van der Waals surface area contributed by atoms with Gasteiger partial charge in [-0.25, -0.2) is 9.37 Å². The molecule has 0 aliphatic carbocycles.